The Bertz CT molecular complexity index is 923. The molecule has 0 N–H and O–H groups in total. The Morgan fingerprint density at radius 3 is 2.23 bits per heavy atom. The van der Waals surface area contributed by atoms with Crippen LogP contribution in [0.4, 0.5) is 0 Å². The molecule has 2 rings (SSSR count). The largest absolute Gasteiger partial charge is 0.451 e. The molecule has 0 saturated carbocycles. The first-order chi connectivity index (χ1) is 12.1. The van der Waals surface area contributed by atoms with Crippen LogP contribution in [0, 0.1) is 0 Å². The summed E-state index contributed by atoms with van der Waals surface area (Å²) in [5, 5.41) is 0.491. The third kappa shape index (κ3) is 4.49. The Morgan fingerprint density at radius 2 is 1.65 bits per heavy atom. The lowest BCUT2D eigenvalue weighted by Crippen LogP contribution is -2.25. The van der Waals surface area contributed by atoms with Gasteiger partial charge in [0.15, 0.2) is 6.10 Å². The maximum Gasteiger partial charge on any atom is 0.338 e. The number of esters is 1. The molecule has 138 valence electrons. The monoisotopic (exact) mass is 395 g/mol. The summed E-state index contributed by atoms with van der Waals surface area (Å²) in [4.78, 5) is 24.6. The molecule has 0 saturated heterocycles. The van der Waals surface area contributed by atoms with Gasteiger partial charge in [-0.05, 0) is 49.4 Å². The molecule has 0 fully saturated rings. The van der Waals surface area contributed by atoms with Crippen molar-refractivity contribution in [2.24, 2.45) is 0 Å². The van der Waals surface area contributed by atoms with Crippen molar-refractivity contribution in [3.63, 3.8) is 0 Å². The summed E-state index contributed by atoms with van der Waals surface area (Å²) in [5.74, 6) is -1.16. The van der Waals surface area contributed by atoms with Crippen LogP contribution in [0.25, 0.3) is 0 Å². The molecule has 0 bridgehead atoms. The molecule has 2 aromatic carbocycles. The van der Waals surface area contributed by atoms with Crippen LogP contribution in [0.5, 0.6) is 0 Å². The molecule has 0 aliphatic heterocycles. The fraction of sp³-hybridized carbons (Fsp3) is 0.222. The van der Waals surface area contributed by atoms with Gasteiger partial charge in [-0.1, -0.05) is 17.7 Å². The molecule has 0 spiro atoms. The van der Waals surface area contributed by atoms with Crippen LogP contribution in [0.2, 0.25) is 5.02 Å². The van der Waals surface area contributed by atoms with E-state index in [0.29, 0.717) is 10.6 Å². The average molecular weight is 396 g/mol. The lowest BCUT2D eigenvalue weighted by molar-refractivity contribution is 0.0318. The van der Waals surface area contributed by atoms with E-state index in [0.717, 1.165) is 4.31 Å². The number of hydrogen-bond donors (Lipinski definition) is 0. The van der Waals surface area contributed by atoms with Crippen molar-refractivity contribution < 1.29 is 22.7 Å². The van der Waals surface area contributed by atoms with E-state index in [4.69, 9.17) is 16.3 Å². The number of ether oxygens (including phenoxy) is 1. The van der Waals surface area contributed by atoms with Gasteiger partial charge in [-0.3, -0.25) is 4.79 Å². The van der Waals surface area contributed by atoms with Gasteiger partial charge in [0.05, 0.1) is 10.5 Å². The second-order valence-corrected chi connectivity index (χ2v) is 8.32. The second kappa shape index (κ2) is 7.99. The highest BCUT2D eigenvalue weighted by molar-refractivity contribution is 7.89. The lowest BCUT2D eigenvalue weighted by atomic mass is 10.1. The van der Waals surface area contributed by atoms with E-state index >= 15 is 0 Å². The maximum absolute atomic E-state index is 12.3. The van der Waals surface area contributed by atoms with Crippen LogP contribution in [-0.4, -0.2) is 44.7 Å². The van der Waals surface area contributed by atoms with Crippen molar-refractivity contribution in [2.45, 2.75) is 17.9 Å². The molecule has 0 unspecified atom stereocenters. The average Bonchev–Trinajstić information content (AvgIpc) is 2.61. The number of benzene rings is 2. The molecular formula is C18H18ClNO5S. The molecule has 0 aliphatic rings. The molecule has 0 radical (unpaired) electrons. The fourth-order valence-electron chi connectivity index (χ4n) is 2.13. The molecule has 0 aromatic heterocycles. The summed E-state index contributed by atoms with van der Waals surface area (Å²) in [6.07, 6.45) is -1.03. The van der Waals surface area contributed by atoms with Gasteiger partial charge < -0.3 is 4.74 Å². The number of carbonyl (C=O) groups excluding carboxylic acids is 2. The molecular weight excluding hydrogens is 378 g/mol. The van der Waals surface area contributed by atoms with Crippen LogP contribution in [-0.2, 0) is 14.8 Å². The van der Waals surface area contributed by atoms with E-state index in [9.17, 15) is 18.0 Å². The zero-order valence-corrected chi connectivity index (χ0v) is 16.0. The van der Waals surface area contributed by atoms with Crippen LogP contribution in [0.3, 0.4) is 0 Å². The Morgan fingerprint density at radius 1 is 1.04 bits per heavy atom. The first-order valence-corrected chi connectivity index (χ1v) is 9.48. The Hall–Kier alpha value is -2.22. The Balaban J connectivity index is 2.17. The minimum atomic E-state index is -3.68. The number of sulfonamides is 1. The molecule has 1 atom stereocenters. The zero-order chi connectivity index (χ0) is 19.5. The van der Waals surface area contributed by atoms with Gasteiger partial charge in [0.2, 0.25) is 15.8 Å². The normalized spacial score (nSPS) is 12.7. The van der Waals surface area contributed by atoms with Crippen LogP contribution >= 0.6 is 11.6 Å². The van der Waals surface area contributed by atoms with Crippen molar-refractivity contribution >= 4 is 33.4 Å². The maximum atomic E-state index is 12.3. The van der Waals surface area contributed by atoms with E-state index in [2.05, 4.69) is 0 Å². The summed E-state index contributed by atoms with van der Waals surface area (Å²) >= 11 is 5.78. The van der Waals surface area contributed by atoms with Gasteiger partial charge in [0, 0.05) is 24.7 Å². The molecule has 0 amide bonds. The molecule has 0 aliphatic carbocycles. The van der Waals surface area contributed by atoms with Crippen molar-refractivity contribution in [1.29, 1.82) is 0 Å². The quantitative estimate of drug-likeness (QED) is 0.554. The predicted octanol–water partition coefficient (Wildman–Crippen LogP) is 3.02. The molecule has 6 nitrogen and oxygen atoms in total. The van der Waals surface area contributed by atoms with Crippen molar-refractivity contribution in [2.75, 3.05) is 14.1 Å². The third-order valence-corrected chi connectivity index (χ3v) is 5.69. The fourth-order valence-corrected chi connectivity index (χ4v) is 3.20. The van der Waals surface area contributed by atoms with E-state index in [1.807, 2.05) is 0 Å². The second-order valence-electron chi connectivity index (χ2n) is 5.73. The van der Waals surface area contributed by atoms with Crippen LogP contribution in [0.15, 0.2) is 53.4 Å². The molecule has 0 heterocycles. The van der Waals surface area contributed by atoms with Gasteiger partial charge in [-0.25, -0.2) is 17.5 Å². The number of carbonyl (C=O) groups is 2. The van der Waals surface area contributed by atoms with Crippen LogP contribution < -0.4 is 0 Å². The number of rotatable bonds is 6. The van der Waals surface area contributed by atoms with Crippen molar-refractivity contribution in [3.05, 3.63) is 64.7 Å². The minimum Gasteiger partial charge on any atom is -0.451 e. The summed E-state index contributed by atoms with van der Waals surface area (Å²) in [5.41, 5.74) is 0.405. The summed E-state index contributed by atoms with van der Waals surface area (Å²) in [6.45, 7) is 1.45. The minimum absolute atomic E-state index is 0.0337. The molecule has 2 aromatic rings. The van der Waals surface area contributed by atoms with E-state index in [1.54, 1.807) is 24.3 Å². The number of ketones is 1. The summed E-state index contributed by atoms with van der Waals surface area (Å²) in [7, 11) is -0.887. The first-order valence-electron chi connectivity index (χ1n) is 7.66. The van der Waals surface area contributed by atoms with Gasteiger partial charge >= 0.3 is 5.97 Å². The van der Waals surface area contributed by atoms with Gasteiger partial charge in [-0.2, -0.15) is 0 Å². The van der Waals surface area contributed by atoms with Crippen molar-refractivity contribution in [1.82, 2.24) is 4.31 Å². The molecule has 8 heteroatoms. The van der Waals surface area contributed by atoms with E-state index < -0.39 is 22.1 Å². The predicted molar refractivity (Wildman–Crippen MR) is 98.0 cm³/mol. The van der Waals surface area contributed by atoms with Crippen LogP contribution in [0.1, 0.15) is 27.6 Å². The Labute approximate surface area is 157 Å². The standard InChI is InChI=1S/C18H18ClNO5S/c1-12(17(21)13-7-9-15(19)10-8-13)25-18(22)14-5-4-6-16(11-14)26(23,24)20(2)3/h4-12H,1-3H3/t12-/m0/s1. The number of halogens is 1. The van der Waals surface area contributed by atoms with E-state index in [-0.39, 0.29) is 16.2 Å². The molecule has 26 heavy (non-hydrogen) atoms. The number of nitrogens with zero attached hydrogens (tertiary/aromatic N) is 1. The van der Waals surface area contributed by atoms with Crippen molar-refractivity contribution in [3.8, 4) is 0 Å². The highest BCUT2D eigenvalue weighted by atomic mass is 35.5. The summed E-state index contributed by atoms with van der Waals surface area (Å²) < 4.78 is 30.5. The van der Waals surface area contributed by atoms with E-state index in [1.165, 1.54) is 45.3 Å². The van der Waals surface area contributed by atoms with Gasteiger partial charge in [0.1, 0.15) is 0 Å². The number of Topliss-reactive ketones (excluding diaryl/α,β-unsaturated/α-hetero) is 1. The first kappa shape index (κ1) is 20.1. The SMILES string of the molecule is C[C@H](OC(=O)c1cccc(S(=O)(=O)N(C)C)c1)C(=O)c1ccc(Cl)cc1. The number of hydrogen-bond acceptors (Lipinski definition) is 5. The summed E-state index contributed by atoms with van der Waals surface area (Å²) in [6, 6.07) is 11.7. The zero-order valence-electron chi connectivity index (χ0n) is 14.5. The lowest BCUT2D eigenvalue weighted by Gasteiger charge is -2.14. The smallest absolute Gasteiger partial charge is 0.338 e. The Kier molecular flexibility index (Phi) is 6.17. The highest BCUT2D eigenvalue weighted by Gasteiger charge is 2.23. The highest BCUT2D eigenvalue weighted by Crippen LogP contribution is 2.17. The van der Waals surface area contributed by atoms with Gasteiger partial charge in [-0.15, -0.1) is 0 Å². The topological polar surface area (TPSA) is 80.8 Å². The third-order valence-electron chi connectivity index (χ3n) is 3.63. The van der Waals surface area contributed by atoms with Gasteiger partial charge in [0.25, 0.3) is 0 Å².